The Kier molecular flexibility index (Phi) is 3.57. The third-order valence-electron chi connectivity index (χ3n) is 2.95. The molecule has 0 amide bonds. The van der Waals surface area contributed by atoms with E-state index >= 15 is 0 Å². The fraction of sp³-hybridized carbons (Fsp3) is 0.200. The topological polar surface area (TPSA) is 38.0 Å². The highest BCUT2D eigenvalue weighted by molar-refractivity contribution is 5.86. The molecule has 1 atom stereocenters. The lowest BCUT2D eigenvalue weighted by atomic mass is 9.95. The molecule has 0 saturated carbocycles. The predicted molar refractivity (Wildman–Crippen MR) is 73.4 cm³/mol. The molecule has 2 nitrogen and oxygen atoms in total. The lowest BCUT2D eigenvalue weighted by Crippen LogP contribution is -2.28. The SMILES string of the molecule is C=C(C)CC(NN)c1cccc2ccccc12. The highest BCUT2D eigenvalue weighted by Gasteiger charge is 2.12. The van der Waals surface area contributed by atoms with Gasteiger partial charge in [0, 0.05) is 0 Å². The molecule has 2 aromatic carbocycles. The van der Waals surface area contributed by atoms with Crippen LogP contribution in [0.4, 0.5) is 0 Å². The summed E-state index contributed by atoms with van der Waals surface area (Å²) in [6, 6.07) is 14.8. The maximum Gasteiger partial charge on any atom is 0.0502 e. The summed E-state index contributed by atoms with van der Waals surface area (Å²) in [6.45, 7) is 5.98. The molecular formula is C15H18N2. The van der Waals surface area contributed by atoms with Gasteiger partial charge in [0.05, 0.1) is 6.04 Å². The van der Waals surface area contributed by atoms with Gasteiger partial charge >= 0.3 is 0 Å². The second-order valence-electron chi connectivity index (χ2n) is 4.45. The van der Waals surface area contributed by atoms with E-state index in [-0.39, 0.29) is 6.04 Å². The number of rotatable bonds is 4. The van der Waals surface area contributed by atoms with Crippen molar-refractivity contribution in [1.82, 2.24) is 5.43 Å². The van der Waals surface area contributed by atoms with Gasteiger partial charge in [0.25, 0.3) is 0 Å². The Balaban J connectivity index is 2.49. The van der Waals surface area contributed by atoms with Crippen molar-refractivity contribution in [3.05, 3.63) is 60.2 Å². The largest absolute Gasteiger partial charge is 0.271 e. The molecular weight excluding hydrogens is 208 g/mol. The molecule has 0 aliphatic heterocycles. The van der Waals surface area contributed by atoms with Gasteiger partial charge in [-0.05, 0) is 29.7 Å². The van der Waals surface area contributed by atoms with Gasteiger partial charge < -0.3 is 0 Å². The first kappa shape index (κ1) is 11.8. The Bertz CT molecular complexity index is 526. The second kappa shape index (κ2) is 5.13. The number of hydrogen-bond donors (Lipinski definition) is 2. The molecule has 3 N–H and O–H groups in total. The summed E-state index contributed by atoms with van der Waals surface area (Å²) in [4.78, 5) is 0. The summed E-state index contributed by atoms with van der Waals surface area (Å²) in [7, 11) is 0. The average molecular weight is 226 g/mol. The van der Waals surface area contributed by atoms with E-state index in [9.17, 15) is 0 Å². The van der Waals surface area contributed by atoms with Crippen molar-refractivity contribution in [3.8, 4) is 0 Å². The van der Waals surface area contributed by atoms with Crippen LogP contribution < -0.4 is 11.3 Å². The van der Waals surface area contributed by atoms with Crippen LogP contribution in [0.15, 0.2) is 54.6 Å². The first-order chi connectivity index (χ1) is 8.22. The minimum absolute atomic E-state index is 0.124. The van der Waals surface area contributed by atoms with Gasteiger partial charge in [0.15, 0.2) is 0 Å². The minimum Gasteiger partial charge on any atom is -0.271 e. The number of hydrazine groups is 1. The van der Waals surface area contributed by atoms with Gasteiger partial charge in [-0.2, -0.15) is 0 Å². The molecule has 1 unspecified atom stereocenters. The normalized spacial score (nSPS) is 12.6. The Hall–Kier alpha value is -1.64. The minimum atomic E-state index is 0.124. The summed E-state index contributed by atoms with van der Waals surface area (Å²) < 4.78 is 0. The Morgan fingerprint density at radius 1 is 1.24 bits per heavy atom. The number of hydrogen-bond acceptors (Lipinski definition) is 2. The first-order valence-corrected chi connectivity index (χ1v) is 5.80. The molecule has 0 radical (unpaired) electrons. The van der Waals surface area contributed by atoms with Crippen LogP contribution in [0.5, 0.6) is 0 Å². The summed E-state index contributed by atoms with van der Waals surface area (Å²) in [5, 5.41) is 2.49. The molecule has 17 heavy (non-hydrogen) atoms. The van der Waals surface area contributed by atoms with Crippen molar-refractivity contribution >= 4 is 10.8 Å². The van der Waals surface area contributed by atoms with Gasteiger partial charge in [0.2, 0.25) is 0 Å². The average Bonchev–Trinajstić information content (AvgIpc) is 2.35. The van der Waals surface area contributed by atoms with Gasteiger partial charge in [-0.15, -0.1) is 6.58 Å². The van der Waals surface area contributed by atoms with Crippen molar-refractivity contribution in [2.75, 3.05) is 0 Å². The molecule has 0 aliphatic carbocycles. The quantitative estimate of drug-likeness (QED) is 0.477. The van der Waals surface area contributed by atoms with Crippen LogP contribution >= 0.6 is 0 Å². The molecule has 0 bridgehead atoms. The summed E-state index contributed by atoms with van der Waals surface area (Å²) >= 11 is 0. The van der Waals surface area contributed by atoms with Crippen LogP contribution in [-0.4, -0.2) is 0 Å². The van der Waals surface area contributed by atoms with E-state index in [2.05, 4.69) is 54.5 Å². The Morgan fingerprint density at radius 3 is 2.65 bits per heavy atom. The van der Waals surface area contributed by atoms with E-state index in [4.69, 9.17) is 5.84 Å². The van der Waals surface area contributed by atoms with Gasteiger partial charge in [-0.25, -0.2) is 0 Å². The maximum absolute atomic E-state index is 5.65. The highest BCUT2D eigenvalue weighted by atomic mass is 15.2. The van der Waals surface area contributed by atoms with Crippen LogP contribution in [0.1, 0.15) is 24.9 Å². The van der Waals surface area contributed by atoms with Gasteiger partial charge in [-0.3, -0.25) is 11.3 Å². The van der Waals surface area contributed by atoms with E-state index in [0.29, 0.717) is 0 Å². The van der Waals surface area contributed by atoms with Crippen LogP contribution in [0.2, 0.25) is 0 Å². The van der Waals surface area contributed by atoms with Crippen LogP contribution in [0.25, 0.3) is 10.8 Å². The van der Waals surface area contributed by atoms with E-state index in [0.717, 1.165) is 12.0 Å². The highest BCUT2D eigenvalue weighted by Crippen LogP contribution is 2.27. The molecule has 0 aliphatic rings. The standard InChI is InChI=1S/C15H18N2/c1-11(2)10-15(17-16)14-9-5-7-12-6-3-4-8-13(12)14/h3-9,15,17H,1,10,16H2,2H3. The van der Waals surface area contributed by atoms with Crippen LogP contribution in [0.3, 0.4) is 0 Å². The molecule has 0 fully saturated rings. The van der Waals surface area contributed by atoms with Gasteiger partial charge in [0.1, 0.15) is 0 Å². The molecule has 0 spiro atoms. The van der Waals surface area contributed by atoms with E-state index in [1.807, 2.05) is 6.92 Å². The second-order valence-corrected chi connectivity index (χ2v) is 4.45. The van der Waals surface area contributed by atoms with Crippen LogP contribution in [-0.2, 0) is 0 Å². The molecule has 0 aromatic heterocycles. The van der Waals surface area contributed by atoms with Crippen molar-refractivity contribution in [2.24, 2.45) is 5.84 Å². The molecule has 0 heterocycles. The predicted octanol–water partition coefficient (Wildman–Crippen LogP) is 3.31. The monoisotopic (exact) mass is 226 g/mol. The summed E-state index contributed by atoms with van der Waals surface area (Å²) in [5.74, 6) is 5.65. The Morgan fingerprint density at radius 2 is 1.94 bits per heavy atom. The van der Waals surface area contributed by atoms with Crippen molar-refractivity contribution in [1.29, 1.82) is 0 Å². The number of nitrogens with two attached hydrogens (primary N) is 1. The molecule has 2 heteroatoms. The number of fused-ring (bicyclic) bond motifs is 1. The fourth-order valence-corrected chi connectivity index (χ4v) is 2.16. The third-order valence-corrected chi connectivity index (χ3v) is 2.95. The van der Waals surface area contributed by atoms with E-state index in [1.165, 1.54) is 16.3 Å². The Labute approximate surface area is 102 Å². The third kappa shape index (κ3) is 2.54. The smallest absolute Gasteiger partial charge is 0.0502 e. The van der Waals surface area contributed by atoms with Crippen molar-refractivity contribution in [2.45, 2.75) is 19.4 Å². The van der Waals surface area contributed by atoms with Crippen molar-refractivity contribution < 1.29 is 0 Å². The lowest BCUT2D eigenvalue weighted by Gasteiger charge is -2.18. The molecule has 2 aromatic rings. The van der Waals surface area contributed by atoms with Gasteiger partial charge in [-0.1, -0.05) is 48.0 Å². The zero-order chi connectivity index (χ0) is 12.3. The van der Waals surface area contributed by atoms with Crippen LogP contribution in [0, 0.1) is 0 Å². The number of benzene rings is 2. The molecule has 88 valence electrons. The van der Waals surface area contributed by atoms with E-state index < -0.39 is 0 Å². The zero-order valence-corrected chi connectivity index (χ0v) is 10.1. The zero-order valence-electron chi connectivity index (χ0n) is 10.1. The summed E-state index contributed by atoms with van der Waals surface area (Å²) in [5.41, 5.74) is 5.24. The lowest BCUT2D eigenvalue weighted by molar-refractivity contribution is 0.554. The summed E-state index contributed by atoms with van der Waals surface area (Å²) in [6.07, 6.45) is 0.852. The molecule has 0 saturated heterocycles. The maximum atomic E-state index is 5.65. The van der Waals surface area contributed by atoms with E-state index in [1.54, 1.807) is 0 Å². The van der Waals surface area contributed by atoms with Crippen molar-refractivity contribution in [3.63, 3.8) is 0 Å². The number of nitrogens with one attached hydrogen (secondary N) is 1. The molecule has 2 rings (SSSR count). The first-order valence-electron chi connectivity index (χ1n) is 5.80. The fourth-order valence-electron chi connectivity index (χ4n) is 2.16.